The molecule has 0 fully saturated rings. The standard InChI is InChI=1S/C22H30N4O3/c1-4-23-22(25-15-16-29-21-11-9-20(28-3)10-12-21)24-14-13-18-5-7-19(8-6-18)26-17(2)27/h5-12H,4,13-16H2,1-3H3,(H,26,27)(H2,23,24,25). The van der Waals surface area contributed by atoms with E-state index in [0.717, 1.165) is 36.1 Å². The topological polar surface area (TPSA) is 84.0 Å². The molecule has 0 aliphatic heterocycles. The van der Waals surface area contributed by atoms with Crippen molar-refractivity contribution in [2.24, 2.45) is 4.99 Å². The second kappa shape index (κ2) is 12.3. The zero-order valence-corrected chi connectivity index (χ0v) is 17.3. The molecule has 2 aromatic rings. The summed E-state index contributed by atoms with van der Waals surface area (Å²) in [7, 11) is 1.64. The molecule has 0 spiro atoms. The van der Waals surface area contributed by atoms with Crippen LogP contribution in [0, 0.1) is 0 Å². The Morgan fingerprint density at radius 3 is 2.31 bits per heavy atom. The number of nitrogens with one attached hydrogen (secondary N) is 3. The van der Waals surface area contributed by atoms with Crippen molar-refractivity contribution in [3.05, 3.63) is 54.1 Å². The Balaban J connectivity index is 1.74. The van der Waals surface area contributed by atoms with Crippen LogP contribution in [0.15, 0.2) is 53.5 Å². The predicted molar refractivity (Wildman–Crippen MR) is 117 cm³/mol. The van der Waals surface area contributed by atoms with Crippen molar-refractivity contribution in [3.8, 4) is 11.5 Å². The molecule has 0 aliphatic carbocycles. The van der Waals surface area contributed by atoms with Crippen molar-refractivity contribution < 1.29 is 14.3 Å². The van der Waals surface area contributed by atoms with Crippen LogP contribution in [0.3, 0.4) is 0 Å². The number of methoxy groups -OCH3 is 1. The fourth-order valence-corrected chi connectivity index (χ4v) is 2.61. The summed E-state index contributed by atoms with van der Waals surface area (Å²) in [5, 5.41) is 9.27. The number of hydrogen-bond acceptors (Lipinski definition) is 4. The third-order valence-corrected chi connectivity index (χ3v) is 4.01. The van der Waals surface area contributed by atoms with Crippen molar-refractivity contribution in [2.75, 3.05) is 38.7 Å². The maximum atomic E-state index is 11.1. The fraction of sp³-hybridized carbons (Fsp3) is 0.364. The van der Waals surface area contributed by atoms with Gasteiger partial charge in [-0.05, 0) is 55.3 Å². The van der Waals surface area contributed by atoms with Crippen LogP contribution < -0.4 is 25.4 Å². The molecule has 7 heteroatoms. The van der Waals surface area contributed by atoms with E-state index in [-0.39, 0.29) is 5.91 Å². The Labute approximate surface area is 172 Å². The lowest BCUT2D eigenvalue weighted by Gasteiger charge is -2.12. The van der Waals surface area contributed by atoms with E-state index >= 15 is 0 Å². The Bertz CT molecular complexity index is 774. The minimum absolute atomic E-state index is 0.0697. The highest BCUT2D eigenvalue weighted by Gasteiger charge is 2.00. The van der Waals surface area contributed by atoms with E-state index in [2.05, 4.69) is 20.9 Å². The van der Waals surface area contributed by atoms with Gasteiger partial charge in [0.05, 0.1) is 13.7 Å². The van der Waals surface area contributed by atoms with Crippen LogP contribution in [-0.2, 0) is 11.2 Å². The Morgan fingerprint density at radius 1 is 1.00 bits per heavy atom. The van der Waals surface area contributed by atoms with E-state index < -0.39 is 0 Å². The minimum Gasteiger partial charge on any atom is -0.497 e. The van der Waals surface area contributed by atoms with Gasteiger partial charge in [-0.15, -0.1) is 0 Å². The zero-order valence-electron chi connectivity index (χ0n) is 17.3. The number of guanidine groups is 1. The number of benzene rings is 2. The average Bonchev–Trinajstić information content (AvgIpc) is 2.72. The maximum absolute atomic E-state index is 11.1. The van der Waals surface area contributed by atoms with Crippen LogP contribution in [0.5, 0.6) is 11.5 Å². The molecule has 2 aromatic carbocycles. The molecule has 156 valence electrons. The first-order chi connectivity index (χ1) is 14.1. The van der Waals surface area contributed by atoms with Gasteiger partial charge in [0.2, 0.25) is 5.91 Å². The highest BCUT2D eigenvalue weighted by molar-refractivity contribution is 5.88. The van der Waals surface area contributed by atoms with Gasteiger partial charge in [-0.2, -0.15) is 0 Å². The van der Waals surface area contributed by atoms with Gasteiger partial charge in [-0.3, -0.25) is 9.79 Å². The van der Waals surface area contributed by atoms with Crippen molar-refractivity contribution in [3.63, 3.8) is 0 Å². The molecule has 0 atom stereocenters. The van der Waals surface area contributed by atoms with Crippen molar-refractivity contribution >= 4 is 17.6 Å². The quantitative estimate of drug-likeness (QED) is 0.326. The van der Waals surface area contributed by atoms with Crippen LogP contribution in [0.1, 0.15) is 19.4 Å². The van der Waals surface area contributed by atoms with E-state index in [4.69, 9.17) is 9.47 Å². The van der Waals surface area contributed by atoms with Gasteiger partial charge < -0.3 is 25.4 Å². The summed E-state index contributed by atoms with van der Waals surface area (Å²) in [6.45, 7) is 6.15. The molecule has 3 N–H and O–H groups in total. The monoisotopic (exact) mass is 398 g/mol. The molecular weight excluding hydrogens is 368 g/mol. The van der Waals surface area contributed by atoms with Gasteiger partial charge in [0.1, 0.15) is 18.1 Å². The molecule has 2 rings (SSSR count). The molecule has 0 aliphatic rings. The van der Waals surface area contributed by atoms with Gasteiger partial charge in [0, 0.05) is 25.7 Å². The lowest BCUT2D eigenvalue weighted by molar-refractivity contribution is -0.114. The third kappa shape index (κ3) is 8.55. The molecular formula is C22H30N4O3. The van der Waals surface area contributed by atoms with Crippen LogP contribution in [0.4, 0.5) is 5.69 Å². The van der Waals surface area contributed by atoms with Crippen LogP contribution in [-0.4, -0.2) is 45.2 Å². The molecule has 7 nitrogen and oxygen atoms in total. The number of nitrogens with zero attached hydrogens (tertiary/aromatic N) is 1. The first kappa shape index (κ1) is 22.1. The summed E-state index contributed by atoms with van der Waals surface area (Å²) in [4.78, 5) is 15.7. The first-order valence-electron chi connectivity index (χ1n) is 9.76. The summed E-state index contributed by atoms with van der Waals surface area (Å²) in [5.74, 6) is 2.31. The molecule has 0 aromatic heterocycles. The van der Waals surface area contributed by atoms with E-state index in [1.807, 2.05) is 55.5 Å². The van der Waals surface area contributed by atoms with Gasteiger partial charge in [0.25, 0.3) is 0 Å². The molecule has 0 radical (unpaired) electrons. The highest BCUT2D eigenvalue weighted by atomic mass is 16.5. The molecule has 0 saturated heterocycles. The number of ether oxygens (including phenoxy) is 2. The van der Waals surface area contributed by atoms with Crippen LogP contribution in [0.2, 0.25) is 0 Å². The first-order valence-corrected chi connectivity index (χ1v) is 9.76. The largest absolute Gasteiger partial charge is 0.497 e. The number of aliphatic imine (C=N–C) groups is 1. The van der Waals surface area contributed by atoms with E-state index in [0.29, 0.717) is 19.7 Å². The Kier molecular flexibility index (Phi) is 9.35. The smallest absolute Gasteiger partial charge is 0.221 e. The molecule has 0 heterocycles. The second-order valence-corrected chi connectivity index (χ2v) is 6.34. The summed E-state index contributed by atoms with van der Waals surface area (Å²) in [6, 6.07) is 15.3. The van der Waals surface area contributed by atoms with E-state index in [1.165, 1.54) is 12.5 Å². The molecule has 0 bridgehead atoms. The number of hydrogen-bond donors (Lipinski definition) is 3. The van der Waals surface area contributed by atoms with Crippen LogP contribution in [0.25, 0.3) is 0 Å². The maximum Gasteiger partial charge on any atom is 0.221 e. The van der Waals surface area contributed by atoms with Crippen molar-refractivity contribution in [2.45, 2.75) is 20.3 Å². The summed E-state index contributed by atoms with van der Waals surface area (Å²) in [6.07, 6.45) is 0.819. The summed E-state index contributed by atoms with van der Waals surface area (Å²) >= 11 is 0. The Hall–Kier alpha value is -3.22. The highest BCUT2D eigenvalue weighted by Crippen LogP contribution is 2.16. The lowest BCUT2D eigenvalue weighted by Crippen LogP contribution is -2.39. The number of carbonyl (C=O) groups excluding carboxylic acids is 1. The minimum atomic E-state index is -0.0697. The molecule has 0 saturated carbocycles. The molecule has 0 unspecified atom stereocenters. The second-order valence-electron chi connectivity index (χ2n) is 6.34. The predicted octanol–water partition coefficient (Wildman–Crippen LogP) is 2.83. The average molecular weight is 399 g/mol. The molecule has 1 amide bonds. The van der Waals surface area contributed by atoms with Gasteiger partial charge >= 0.3 is 0 Å². The molecule has 29 heavy (non-hydrogen) atoms. The van der Waals surface area contributed by atoms with Gasteiger partial charge in [0.15, 0.2) is 5.96 Å². The number of rotatable bonds is 10. The van der Waals surface area contributed by atoms with E-state index in [1.54, 1.807) is 7.11 Å². The van der Waals surface area contributed by atoms with Crippen LogP contribution >= 0.6 is 0 Å². The lowest BCUT2D eigenvalue weighted by atomic mass is 10.1. The summed E-state index contributed by atoms with van der Waals surface area (Å²) in [5.41, 5.74) is 1.97. The van der Waals surface area contributed by atoms with Gasteiger partial charge in [-0.25, -0.2) is 0 Å². The normalized spacial score (nSPS) is 10.9. The van der Waals surface area contributed by atoms with Crippen molar-refractivity contribution in [1.29, 1.82) is 0 Å². The number of amides is 1. The van der Waals surface area contributed by atoms with Gasteiger partial charge in [-0.1, -0.05) is 12.1 Å². The third-order valence-electron chi connectivity index (χ3n) is 4.01. The number of carbonyl (C=O) groups is 1. The Morgan fingerprint density at radius 2 is 1.69 bits per heavy atom. The zero-order chi connectivity index (χ0) is 20.9. The van der Waals surface area contributed by atoms with Crippen molar-refractivity contribution in [1.82, 2.24) is 10.6 Å². The summed E-state index contributed by atoms with van der Waals surface area (Å²) < 4.78 is 10.9. The fourth-order valence-electron chi connectivity index (χ4n) is 2.61. The number of anilines is 1. The van der Waals surface area contributed by atoms with E-state index in [9.17, 15) is 4.79 Å². The SMILES string of the molecule is CCNC(=NCCc1ccc(NC(C)=O)cc1)NCCOc1ccc(OC)cc1.